The molecule has 0 radical (unpaired) electrons. The third-order valence-corrected chi connectivity index (χ3v) is 9.07. The largest absolute Gasteiger partial charge is 0.504 e. The van der Waals surface area contributed by atoms with Crippen molar-refractivity contribution in [3.05, 3.63) is 48.6 Å². The van der Waals surface area contributed by atoms with E-state index < -0.39 is 59.3 Å². The van der Waals surface area contributed by atoms with E-state index in [1.807, 2.05) is 6.08 Å². The number of likely N-dealkylation sites (tertiary alicyclic amines) is 1. The summed E-state index contributed by atoms with van der Waals surface area (Å²) >= 11 is 0. The van der Waals surface area contributed by atoms with Crippen LogP contribution in [0.25, 0.3) is 0 Å². The summed E-state index contributed by atoms with van der Waals surface area (Å²) < 4.78 is 16.5. The molecule has 5 atom stereocenters. The first-order valence-corrected chi connectivity index (χ1v) is 17.1. The van der Waals surface area contributed by atoms with E-state index in [9.17, 15) is 34.2 Å². The average Bonchev–Trinajstić information content (AvgIpc) is 3.35. The standard InChI is InChI=1S/C36H50N4O10/c1-7-10-11-12-13-14-26(37-33(46)50-35(4,5)6)31(44)40-21-25(49-34(47)39-19-22-15-28(41)29(42)16-23(22)20-39)17-27(40)30(43)38-36(18-24(36)8-2)32(45)48-9-3/h7-8,15-16,24-27,41-42H,1-2,9-14,17-21H2,3-6H3,(H,37,46)(H,38,43)/t24-,25-,26+,27+,36-/m1/s1. The van der Waals surface area contributed by atoms with Crippen molar-refractivity contribution in [1.29, 1.82) is 0 Å². The van der Waals surface area contributed by atoms with Crippen LogP contribution in [0.1, 0.15) is 83.8 Å². The first-order valence-electron chi connectivity index (χ1n) is 17.1. The van der Waals surface area contributed by atoms with E-state index in [2.05, 4.69) is 23.8 Å². The SMILES string of the molecule is C=CCCCCC[C@H](NC(=O)OC(C)(C)C)C(=O)N1C[C@H](OC(=O)N2Cc3cc(O)c(O)cc3C2)C[C@H]1C(=O)N[C@]1(C(=O)OCC)C[C@H]1C=C. The number of nitrogens with zero attached hydrogens (tertiary/aromatic N) is 2. The van der Waals surface area contributed by atoms with Crippen molar-refractivity contribution in [3.63, 3.8) is 0 Å². The van der Waals surface area contributed by atoms with Crippen molar-refractivity contribution in [1.82, 2.24) is 20.4 Å². The number of allylic oxidation sites excluding steroid dienone is 1. The van der Waals surface area contributed by atoms with Gasteiger partial charge in [-0.3, -0.25) is 14.5 Å². The van der Waals surface area contributed by atoms with E-state index in [0.717, 1.165) is 19.3 Å². The molecule has 14 nitrogen and oxygen atoms in total. The number of esters is 1. The van der Waals surface area contributed by atoms with Gasteiger partial charge in [0.1, 0.15) is 29.3 Å². The van der Waals surface area contributed by atoms with Crippen molar-refractivity contribution < 1.29 is 48.4 Å². The number of carbonyl (C=O) groups is 5. The molecule has 274 valence electrons. The lowest BCUT2D eigenvalue weighted by Crippen LogP contribution is -2.56. The molecule has 1 aromatic carbocycles. The van der Waals surface area contributed by atoms with E-state index in [-0.39, 0.29) is 62.9 Å². The molecule has 0 spiro atoms. The van der Waals surface area contributed by atoms with Gasteiger partial charge in [-0.05, 0) is 76.6 Å². The molecule has 4 rings (SSSR count). The van der Waals surface area contributed by atoms with Gasteiger partial charge in [-0.25, -0.2) is 14.4 Å². The number of ether oxygens (including phenoxy) is 3. The van der Waals surface area contributed by atoms with Crippen molar-refractivity contribution in [2.24, 2.45) is 5.92 Å². The van der Waals surface area contributed by atoms with Crippen LogP contribution in [0.4, 0.5) is 9.59 Å². The molecule has 50 heavy (non-hydrogen) atoms. The molecule has 1 aliphatic carbocycles. The summed E-state index contributed by atoms with van der Waals surface area (Å²) in [5.74, 6) is -2.76. The number of phenolic OH excluding ortho intramolecular Hbond substituents is 2. The quantitative estimate of drug-likeness (QED) is 0.0723. The highest BCUT2D eigenvalue weighted by Gasteiger charge is 2.62. The number of nitrogens with one attached hydrogen (secondary N) is 2. The highest BCUT2D eigenvalue weighted by atomic mass is 16.6. The zero-order chi connectivity index (χ0) is 36.8. The summed E-state index contributed by atoms with van der Waals surface area (Å²) in [5.41, 5.74) is -0.854. The molecule has 4 N–H and O–H groups in total. The van der Waals surface area contributed by atoms with Crippen molar-refractivity contribution in [2.75, 3.05) is 13.2 Å². The number of phenols is 2. The maximum absolute atomic E-state index is 14.3. The third kappa shape index (κ3) is 9.07. The summed E-state index contributed by atoms with van der Waals surface area (Å²) in [5, 5.41) is 25.3. The Labute approximate surface area is 292 Å². The molecule has 4 amide bonds. The molecule has 2 heterocycles. The van der Waals surface area contributed by atoms with Gasteiger partial charge < -0.3 is 40.0 Å². The second-order valence-electron chi connectivity index (χ2n) is 14.1. The molecule has 1 saturated carbocycles. The minimum atomic E-state index is -1.32. The van der Waals surface area contributed by atoms with Crippen LogP contribution in [-0.4, -0.2) is 92.5 Å². The minimum Gasteiger partial charge on any atom is -0.504 e. The lowest BCUT2D eigenvalue weighted by Gasteiger charge is -2.30. The molecule has 14 heteroatoms. The normalized spacial score (nSPS) is 22.9. The van der Waals surface area contributed by atoms with Gasteiger partial charge in [0.15, 0.2) is 11.5 Å². The minimum absolute atomic E-state index is 0.0676. The number of hydrogen-bond donors (Lipinski definition) is 4. The highest BCUT2D eigenvalue weighted by molar-refractivity contribution is 5.96. The van der Waals surface area contributed by atoms with Crippen LogP contribution in [0.2, 0.25) is 0 Å². The predicted octanol–water partition coefficient (Wildman–Crippen LogP) is 4.17. The molecule has 1 saturated heterocycles. The van der Waals surface area contributed by atoms with E-state index in [1.165, 1.54) is 21.9 Å². The van der Waals surface area contributed by atoms with Crippen molar-refractivity contribution >= 4 is 30.0 Å². The fourth-order valence-corrected chi connectivity index (χ4v) is 6.43. The fraction of sp³-hybridized carbons (Fsp3) is 0.583. The molecule has 0 unspecified atom stereocenters. The Bertz CT molecular complexity index is 1460. The number of benzene rings is 1. The van der Waals surface area contributed by atoms with Gasteiger partial charge in [0.2, 0.25) is 11.8 Å². The number of rotatable bonds is 14. The summed E-state index contributed by atoms with van der Waals surface area (Å²) in [7, 11) is 0. The van der Waals surface area contributed by atoms with Gasteiger partial charge in [-0.2, -0.15) is 0 Å². The van der Waals surface area contributed by atoms with E-state index in [1.54, 1.807) is 33.8 Å². The summed E-state index contributed by atoms with van der Waals surface area (Å²) in [6, 6.07) is 0.577. The van der Waals surface area contributed by atoms with Crippen LogP contribution in [0, 0.1) is 5.92 Å². The van der Waals surface area contributed by atoms with Gasteiger partial charge in [-0.15, -0.1) is 13.2 Å². The van der Waals surface area contributed by atoms with Crippen molar-refractivity contribution in [2.45, 2.75) is 115 Å². The number of amides is 4. The van der Waals surface area contributed by atoms with E-state index >= 15 is 0 Å². The van der Waals surface area contributed by atoms with Crippen LogP contribution in [0.3, 0.4) is 0 Å². The summed E-state index contributed by atoms with van der Waals surface area (Å²) in [6.07, 6.45) is 4.48. The Kier molecular flexibility index (Phi) is 12.1. The molecule has 2 fully saturated rings. The topological polar surface area (TPSA) is 184 Å². The average molecular weight is 699 g/mol. The molecule has 0 bridgehead atoms. The maximum Gasteiger partial charge on any atom is 0.410 e. The number of alkyl carbamates (subject to hydrolysis) is 1. The molecule has 0 aromatic heterocycles. The summed E-state index contributed by atoms with van der Waals surface area (Å²) in [4.78, 5) is 70.1. The predicted molar refractivity (Wildman–Crippen MR) is 182 cm³/mol. The molecular weight excluding hydrogens is 648 g/mol. The van der Waals surface area contributed by atoms with Gasteiger partial charge in [0.25, 0.3) is 0 Å². The second kappa shape index (κ2) is 15.9. The van der Waals surface area contributed by atoms with Gasteiger partial charge >= 0.3 is 18.2 Å². The Morgan fingerprint density at radius 2 is 1.72 bits per heavy atom. The second-order valence-corrected chi connectivity index (χ2v) is 14.1. The molecule has 1 aromatic rings. The Balaban J connectivity index is 1.56. The van der Waals surface area contributed by atoms with Crippen LogP contribution in [0.5, 0.6) is 11.5 Å². The zero-order valence-electron chi connectivity index (χ0n) is 29.4. The zero-order valence-corrected chi connectivity index (χ0v) is 29.4. The molecule has 2 aliphatic heterocycles. The maximum atomic E-state index is 14.3. The van der Waals surface area contributed by atoms with Crippen molar-refractivity contribution in [3.8, 4) is 11.5 Å². The smallest absolute Gasteiger partial charge is 0.410 e. The van der Waals surface area contributed by atoms with Gasteiger partial charge in [0.05, 0.1) is 13.2 Å². The van der Waals surface area contributed by atoms with E-state index in [4.69, 9.17) is 14.2 Å². The Morgan fingerprint density at radius 3 is 2.28 bits per heavy atom. The third-order valence-electron chi connectivity index (χ3n) is 9.07. The summed E-state index contributed by atoms with van der Waals surface area (Å²) in [6.45, 7) is 14.5. The lowest BCUT2D eigenvalue weighted by atomic mass is 10.0. The Morgan fingerprint density at radius 1 is 1.06 bits per heavy atom. The Hall–Kier alpha value is -4.75. The molecule has 3 aliphatic rings. The number of hydrogen-bond acceptors (Lipinski definition) is 10. The number of unbranched alkanes of at least 4 members (excludes halogenated alkanes) is 3. The molecular formula is C36H50N4O10. The fourth-order valence-electron chi connectivity index (χ4n) is 6.43. The number of carbonyl (C=O) groups excluding carboxylic acids is 5. The highest BCUT2D eigenvalue weighted by Crippen LogP contribution is 2.46. The first kappa shape index (κ1) is 38.1. The van der Waals surface area contributed by atoms with Gasteiger partial charge in [-0.1, -0.05) is 25.0 Å². The van der Waals surface area contributed by atoms with Crippen LogP contribution in [0.15, 0.2) is 37.4 Å². The van der Waals surface area contributed by atoms with E-state index in [0.29, 0.717) is 17.5 Å². The van der Waals surface area contributed by atoms with Gasteiger partial charge in [0, 0.05) is 25.4 Å². The number of fused-ring (bicyclic) bond motifs is 1. The van der Waals surface area contributed by atoms with Crippen LogP contribution < -0.4 is 10.6 Å². The lowest BCUT2D eigenvalue weighted by molar-refractivity contribution is -0.150. The van der Waals surface area contributed by atoms with Crippen LogP contribution >= 0.6 is 0 Å². The first-order chi connectivity index (χ1) is 23.6. The monoisotopic (exact) mass is 698 g/mol. The number of aromatic hydroxyl groups is 2. The van der Waals surface area contributed by atoms with Crippen LogP contribution in [-0.2, 0) is 41.7 Å².